The van der Waals surface area contributed by atoms with Crippen molar-refractivity contribution in [2.45, 2.75) is 64.5 Å². The van der Waals surface area contributed by atoms with Gasteiger partial charge in [0.05, 0.1) is 0 Å². The van der Waals surface area contributed by atoms with Crippen molar-refractivity contribution in [2.24, 2.45) is 11.8 Å². The summed E-state index contributed by atoms with van der Waals surface area (Å²) in [7, 11) is 2.32. The van der Waals surface area contributed by atoms with Crippen LogP contribution < -0.4 is 5.32 Å². The molecule has 0 aromatic rings. The fraction of sp³-hybridized carbons (Fsp3) is 1.00. The molecular weight excluding hydrogens is 208 g/mol. The summed E-state index contributed by atoms with van der Waals surface area (Å²) < 4.78 is 0. The standard InChI is InChI=1S/C15H30N2/c1-4-16-15(14-7-5-6-8-14)11-17(3)12(2)13-9-10-13/h12-16H,4-11H2,1-3H3. The normalized spacial score (nSPS) is 25.4. The summed E-state index contributed by atoms with van der Waals surface area (Å²) in [6.07, 6.45) is 8.72. The molecule has 0 bridgehead atoms. The molecule has 0 radical (unpaired) electrons. The summed E-state index contributed by atoms with van der Waals surface area (Å²) in [4.78, 5) is 2.60. The van der Waals surface area contributed by atoms with E-state index in [0.717, 1.165) is 30.5 Å². The third kappa shape index (κ3) is 3.69. The zero-order valence-electron chi connectivity index (χ0n) is 11.9. The first-order chi connectivity index (χ1) is 8.22. The third-order valence-electron chi connectivity index (χ3n) is 4.92. The Morgan fingerprint density at radius 3 is 2.29 bits per heavy atom. The van der Waals surface area contributed by atoms with Gasteiger partial charge >= 0.3 is 0 Å². The Bertz CT molecular complexity index is 219. The second-order valence-electron chi connectivity index (χ2n) is 6.23. The molecule has 0 aromatic carbocycles. The maximum Gasteiger partial charge on any atom is 0.0223 e. The molecule has 17 heavy (non-hydrogen) atoms. The first-order valence-electron chi connectivity index (χ1n) is 7.66. The van der Waals surface area contributed by atoms with Crippen LogP contribution in [-0.4, -0.2) is 37.1 Å². The average Bonchev–Trinajstić information content (AvgIpc) is 3.03. The zero-order valence-corrected chi connectivity index (χ0v) is 11.9. The number of hydrogen-bond donors (Lipinski definition) is 1. The van der Waals surface area contributed by atoms with Crippen molar-refractivity contribution in [1.82, 2.24) is 10.2 Å². The van der Waals surface area contributed by atoms with Gasteiger partial charge < -0.3 is 10.2 Å². The van der Waals surface area contributed by atoms with Crippen LogP contribution >= 0.6 is 0 Å². The second-order valence-corrected chi connectivity index (χ2v) is 6.23. The molecule has 2 aliphatic rings. The van der Waals surface area contributed by atoms with Gasteiger partial charge in [0, 0.05) is 18.6 Å². The van der Waals surface area contributed by atoms with Crippen LogP contribution in [0.3, 0.4) is 0 Å². The topological polar surface area (TPSA) is 15.3 Å². The molecule has 2 unspecified atom stereocenters. The van der Waals surface area contributed by atoms with Crippen LogP contribution in [-0.2, 0) is 0 Å². The van der Waals surface area contributed by atoms with E-state index >= 15 is 0 Å². The van der Waals surface area contributed by atoms with Crippen LogP contribution in [0.5, 0.6) is 0 Å². The van der Waals surface area contributed by atoms with Crippen LogP contribution in [0.4, 0.5) is 0 Å². The second kappa shape index (κ2) is 6.19. The van der Waals surface area contributed by atoms with Gasteiger partial charge in [0.15, 0.2) is 0 Å². The fourth-order valence-corrected chi connectivity index (χ4v) is 3.42. The maximum absolute atomic E-state index is 3.73. The van der Waals surface area contributed by atoms with Gasteiger partial charge in [-0.3, -0.25) is 0 Å². The van der Waals surface area contributed by atoms with E-state index in [-0.39, 0.29) is 0 Å². The Morgan fingerprint density at radius 1 is 1.12 bits per heavy atom. The summed E-state index contributed by atoms with van der Waals surface area (Å²) >= 11 is 0. The van der Waals surface area contributed by atoms with E-state index in [9.17, 15) is 0 Å². The number of nitrogens with zero attached hydrogens (tertiary/aromatic N) is 1. The van der Waals surface area contributed by atoms with Gasteiger partial charge in [-0.15, -0.1) is 0 Å². The number of hydrogen-bond acceptors (Lipinski definition) is 2. The highest BCUT2D eigenvalue weighted by atomic mass is 15.2. The minimum Gasteiger partial charge on any atom is -0.313 e. The Hall–Kier alpha value is -0.0800. The Labute approximate surface area is 107 Å². The minimum atomic E-state index is 0.730. The van der Waals surface area contributed by atoms with Crippen molar-refractivity contribution in [3.05, 3.63) is 0 Å². The molecule has 0 saturated heterocycles. The summed E-state index contributed by atoms with van der Waals surface area (Å²) in [5.74, 6) is 1.93. The maximum atomic E-state index is 3.73. The lowest BCUT2D eigenvalue weighted by molar-refractivity contribution is 0.185. The predicted octanol–water partition coefficient (Wildman–Crippen LogP) is 2.89. The van der Waals surface area contributed by atoms with Crippen molar-refractivity contribution in [1.29, 1.82) is 0 Å². The fourth-order valence-electron chi connectivity index (χ4n) is 3.42. The SMILES string of the molecule is CCNC(CN(C)C(C)C1CC1)C1CCCC1. The number of likely N-dealkylation sites (N-methyl/N-ethyl adjacent to an activating group) is 2. The minimum absolute atomic E-state index is 0.730. The first-order valence-corrected chi connectivity index (χ1v) is 7.66. The highest BCUT2D eigenvalue weighted by molar-refractivity contribution is 4.88. The van der Waals surface area contributed by atoms with Crippen LogP contribution in [0.25, 0.3) is 0 Å². The van der Waals surface area contributed by atoms with E-state index in [1.54, 1.807) is 0 Å². The van der Waals surface area contributed by atoms with Gasteiger partial charge in [-0.05, 0) is 58.0 Å². The Balaban J connectivity index is 1.82. The van der Waals surface area contributed by atoms with Crippen LogP contribution in [0.1, 0.15) is 52.4 Å². The highest BCUT2D eigenvalue weighted by Gasteiger charge is 2.32. The molecule has 2 atom stereocenters. The van der Waals surface area contributed by atoms with Crippen molar-refractivity contribution in [3.8, 4) is 0 Å². The molecule has 2 nitrogen and oxygen atoms in total. The summed E-state index contributed by atoms with van der Waals surface area (Å²) in [5, 5.41) is 3.73. The quantitative estimate of drug-likeness (QED) is 0.733. The lowest BCUT2D eigenvalue weighted by Gasteiger charge is -2.32. The van der Waals surface area contributed by atoms with Gasteiger partial charge in [0.25, 0.3) is 0 Å². The van der Waals surface area contributed by atoms with Crippen LogP contribution in [0.15, 0.2) is 0 Å². The molecule has 2 fully saturated rings. The van der Waals surface area contributed by atoms with Crippen molar-refractivity contribution < 1.29 is 0 Å². The van der Waals surface area contributed by atoms with Gasteiger partial charge in [-0.2, -0.15) is 0 Å². The predicted molar refractivity (Wildman–Crippen MR) is 74.2 cm³/mol. The number of rotatable bonds is 7. The van der Waals surface area contributed by atoms with Crippen LogP contribution in [0.2, 0.25) is 0 Å². The van der Waals surface area contributed by atoms with Crippen molar-refractivity contribution >= 4 is 0 Å². The van der Waals surface area contributed by atoms with E-state index in [1.165, 1.54) is 45.1 Å². The average molecular weight is 238 g/mol. The van der Waals surface area contributed by atoms with Gasteiger partial charge in [-0.1, -0.05) is 19.8 Å². The van der Waals surface area contributed by atoms with Gasteiger partial charge in [0.1, 0.15) is 0 Å². The monoisotopic (exact) mass is 238 g/mol. The summed E-state index contributed by atoms with van der Waals surface area (Å²) in [6, 6.07) is 1.52. The van der Waals surface area contributed by atoms with Gasteiger partial charge in [0.2, 0.25) is 0 Å². The molecule has 0 amide bonds. The summed E-state index contributed by atoms with van der Waals surface area (Å²) in [6.45, 7) is 7.02. The largest absolute Gasteiger partial charge is 0.313 e. The van der Waals surface area contributed by atoms with Crippen LogP contribution in [0, 0.1) is 11.8 Å². The molecule has 2 aliphatic carbocycles. The Kier molecular flexibility index (Phi) is 4.87. The molecule has 0 aromatic heterocycles. The molecule has 0 spiro atoms. The molecule has 2 rings (SSSR count). The molecule has 2 heteroatoms. The number of nitrogens with one attached hydrogen (secondary N) is 1. The molecular formula is C15H30N2. The summed E-state index contributed by atoms with van der Waals surface area (Å²) in [5.41, 5.74) is 0. The van der Waals surface area contributed by atoms with E-state index < -0.39 is 0 Å². The van der Waals surface area contributed by atoms with Gasteiger partial charge in [-0.25, -0.2) is 0 Å². The molecule has 2 saturated carbocycles. The highest BCUT2D eigenvalue weighted by Crippen LogP contribution is 2.35. The molecule has 0 aliphatic heterocycles. The smallest absolute Gasteiger partial charge is 0.0223 e. The van der Waals surface area contributed by atoms with E-state index in [1.807, 2.05) is 0 Å². The molecule has 100 valence electrons. The lowest BCUT2D eigenvalue weighted by Crippen LogP contribution is -2.46. The third-order valence-corrected chi connectivity index (χ3v) is 4.92. The van der Waals surface area contributed by atoms with Crippen molar-refractivity contribution in [2.75, 3.05) is 20.1 Å². The van der Waals surface area contributed by atoms with E-state index in [0.29, 0.717) is 0 Å². The van der Waals surface area contributed by atoms with E-state index in [2.05, 4.69) is 31.1 Å². The lowest BCUT2D eigenvalue weighted by atomic mass is 9.97. The zero-order chi connectivity index (χ0) is 12.3. The van der Waals surface area contributed by atoms with E-state index in [4.69, 9.17) is 0 Å². The molecule has 0 heterocycles. The first kappa shape index (κ1) is 13.4. The Morgan fingerprint density at radius 2 is 1.76 bits per heavy atom. The molecule has 1 N–H and O–H groups in total. The van der Waals surface area contributed by atoms with Crippen molar-refractivity contribution in [3.63, 3.8) is 0 Å².